The number of benzene rings is 1. The molecular weight excluding hydrogens is 316 g/mol. The molecular formula is C12H15BrN2O4. The molecule has 0 radical (unpaired) electrons. The predicted molar refractivity (Wildman–Crippen MR) is 74.1 cm³/mol. The van der Waals surface area contributed by atoms with Crippen LogP contribution in [0.25, 0.3) is 0 Å². The molecule has 104 valence electrons. The average Bonchev–Trinajstić information content (AvgIpc) is 2.29. The molecule has 0 heterocycles. The van der Waals surface area contributed by atoms with E-state index in [2.05, 4.69) is 26.6 Å². The monoisotopic (exact) mass is 330 g/mol. The van der Waals surface area contributed by atoms with E-state index in [9.17, 15) is 14.7 Å². The zero-order chi connectivity index (χ0) is 14.6. The van der Waals surface area contributed by atoms with Crippen LogP contribution in [-0.4, -0.2) is 34.4 Å². The highest BCUT2D eigenvalue weighted by Gasteiger charge is 2.25. The molecule has 0 saturated heterocycles. The number of halogens is 1. The summed E-state index contributed by atoms with van der Waals surface area (Å²) in [5.74, 6) is -1.30. The highest BCUT2D eigenvalue weighted by molar-refractivity contribution is 9.10. The summed E-state index contributed by atoms with van der Waals surface area (Å²) < 4.78 is 0.687. The van der Waals surface area contributed by atoms with Gasteiger partial charge in [0, 0.05) is 4.47 Å². The molecule has 0 spiro atoms. The standard InChI is InChI=1S/C12H15BrN2O4/c1-6-3-4-9(8(13)5-6)14-12(19)15-10(7(2)16)11(17)18/h3-5,7,10,16H,1-2H3,(H,17,18)(H2,14,15,19). The van der Waals surface area contributed by atoms with Crippen LogP contribution >= 0.6 is 15.9 Å². The highest BCUT2D eigenvalue weighted by atomic mass is 79.9. The van der Waals surface area contributed by atoms with Gasteiger partial charge in [0.25, 0.3) is 0 Å². The summed E-state index contributed by atoms with van der Waals surface area (Å²) in [4.78, 5) is 22.5. The van der Waals surface area contributed by atoms with E-state index in [0.29, 0.717) is 10.2 Å². The largest absolute Gasteiger partial charge is 0.480 e. The van der Waals surface area contributed by atoms with Gasteiger partial charge in [0.15, 0.2) is 6.04 Å². The predicted octanol–water partition coefficient (Wildman–Crippen LogP) is 1.71. The van der Waals surface area contributed by atoms with Crippen molar-refractivity contribution in [1.29, 1.82) is 0 Å². The lowest BCUT2D eigenvalue weighted by Crippen LogP contribution is -2.49. The lowest BCUT2D eigenvalue weighted by atomic mass is 10.2. The Bertz CT molecular complexity index is 491. The number of amides is 2. The first-order valence-corrected chi connectivity index (χ1v) is 6.35. The molecule has 1 aromatic carbocycles. The zero-order valence-electron chi connectivity index (χ0n) is 10.5. The Hall–Kier alpha value is -1.60. The molecule has 0 saturated carbocycles. The number of aliphatic hydroxyl groups is 1. The normalized spacial score (nSPS) is 13.5. The first kappa shape index (κ1) is 15.5. The summed E-state index contributed by atoms with van der Waals surface area (Å²) >= 11 is 3.29. The third-order valence-electron chi connectivity index (χ3n) is 2.41. The van der Waals surface area contributed by atoms with Crippen molar-refractivity contribution >= 4 is 33.6 Å². The fourth-order valence-electron chi connectivity index (χ4n) is 1.41. The van der Waals surface area contributed by atoms with Crippen LogP contribution in [0.3, 0.4) is 0 Å². The Morgan fingerprint density at radius 3 is 2.47 bits per heavy atom. The maximum atomic E-state index is 11.7. The molecule has 0 bridgehead atoms. The van der Waals surface area contributed by atoms with Crippen LogP contribution < -0.4 is 10.6 Å². The van der Waals surface area contributed by atoms with Gasteiger partial charge in [0.2, 0.25) is 0 Å². The maximum Gasteiger partial charge on any atom is 0.328 e. The number of carbonyl (C=O) groups is 2. The van der Waals surface area contributed by atoms with Crippen LogP contribution in [0.5, 0.6) is 0 Å². The summed E-state index contributed by atoms with van der Waals surface area (Å²) in [6.45, 7) is 3.20. The van der Waals surface area contributed by atoms with Gasteiger partial charge in [-0.3, -0.25) is 0 Å². The van der Waals surface area contributed by atoms with Crippen molar-refractivity contribution in [2.45, 2.75) is 26.0 Å². The minimum atomic E-state index is -1.36. The number of carboxylic acid groups (broad SMARTS) is 1. The van der Waals surface area contributed by atoms with Crippen molar-refractivity contribution < 1.29 is 19.8 Å². The maximum absolute atomic E-state index is 11.7. The topological polar surface area (TPSA) is 98.7 Å². The summed E-state index contributed by atoms with van der Waals surface area (Å²) in [5.41, 5.74) is 1.53. The second-order valence-corrected chi connectivity index (χ2v) is 4.99. The molecule has 1 aromatic rings. The third kappa shape index (κ3) is 4.53. The van der Waals surface area contributed by atoms with Crippen molar-refractivity contribution in [3.63, 3.8) is 0 Å². The minimum Gasteiger partial charge on any atom is -0.480 e. The molecule has 0 fully saturated rings. The van der Waals surface area contributed by atoms with Crippen molar-refractivity contribution in [3.8, 4) is 0 Å². The van der Waals surface area contributed by atoms with Crippen molar-refractivity contribution in [2.24, 2.45) is 0 Å². The lowest BCUT2D eigenvalue weighted by molar-refractivity contribution is -0.141. The molecule has 0 aliphatic rings. The number of carbonyl (C=O) groups excluding carboxylic acids is 1. The van der Waals surface area contributed by atoms with E-state index < -0.39 is 24.1 Å². The van der Waals surface area contributed by atoms with Crippen LogP contribution in [0.15, 0.2) is 22.7 Å². The molecule has 0 aliphatic carbocycles. The first-order chi connectivity index (χ1) is 8.81. The molecule has 2 amide bonds. The quantitative estimate of drug-likeness (QED) is 0.675. The van der Waals surface area contributed by atoms with Crippen LogP contribution in [0, 0.1) is 6.92 Å². The minimum absolute atomic E-state index is 0.512. The summed E-state index contributed by atoms with van der Waals surface area (Å²) in [6.07, 6.45) is -1.19. The summed E-state index contributed by atoms with van der Waals surface area (Å²) in [7, 11) is 0. The second-order valence-electron chi connectivity index (χ2n) is 4.14. The number of hydrogen-bond donors (Lipinski definition) is 4. The van der Waals surface area contributed by atoms with Gasteiger partial charge in [-0.1, -0.05) is 6.07 Å². The van der Waals surface area contributed by atoms with Gasteiger partial charge in [0.05, 0.1) is 11.8 Å². The van der Waals surface area contributed by atoms with E-state index in [1.54, 1.807) is 6.07 Å². The number of nitrogens with one attached hydrogen (secondary N) is 2. The SMILES string of the molecule is Cc1ccc(NC(=O)NC(C(=O)O)C(C)O)c(Br)c1. The van der Waals surface area contributed by atoms with Gasteiger partial charge in [-0.25, -0.2) is 9.59 Å². The fraction of sp³-hybridized carbons (Fsp3) is 0.333. The molecule has 0 aromatic heterocycles. The molecule has 7 heteroatoms. The van der Waals surface area contributed by atoms with E-state index in [1.807, 2.05) is 19.1 Å². The second kappa shape index (κ2) is 6.53. The molecule has 0 aliphatic heterocycles. The number of urea groups is 1. The summed E-state index contributed by atoms with van der Waals surface area (Å²) in [6, 6.07) is 3.27. The molecule has 19 heavy (non-hydrogen) atoms. The number of hydrogen-bond acceptors (Lipinski definition) is 3. The van der Waals surface area contributed by atoms with Gasteiger partial charge in [-0.15, -0.1) is 0 Å². The Morgan fingerprint density at radius 2 is 2.00 bits per heavy atom. The number of rotatable bonds is 4. The lowest BCUT2D eigenvalue weighted by Gasteiger charge is -2.17. The van der Waals surface area contributed by atoms with E-state index in [1.165, 1.54) is 6.92 Å². The Kier molecular flexibility index (Phi) is 5.31. The smallest absolute Gasteiger partial charge is 0.328 e. The van der Waals surface area contributed by atoms with E-state index in [4.69, 9.17) is 5.11 Å². The number of aryl methyl sites for hydroxylation is 1. The van der Waals surface area contributed by atoms with Crippen LogP contribution in [0.1, 0.15) is 12.5 Å². The molecule has 4 N–H and O–H groups in total. The Morgan fingerprint density at radius 1 is 1.37 bits per heavy atom. The molecule has 2 atom stereocenters. The van der Waals surface area contributed by atoms with E-state index in [0.717, 1.165) is 5.56 Å². The van der Waals surface area contributed by atoms with Crippen molar-refractivity contribution in [2.75, 3.05) is 5.32 Å². The number of anilines is 1. The van der Waals surface area contributed by atoms with Crippen LogP contribution in [-0.2, 0) is 4.79 Å². The van der Waals surface area contributed by atoms with E-state index in [-0.39, 0.29) is 0 Å². The molecule has 2 unspecified atom stereocenters. The van der Waals surface area contributed by atoms with Gasteiger partial charge in [-0.05, 0) is 47.5 Å². The zero-order valence-corrected chi connectivity index (χ0v) is 12.1. The number of aliphatic hydroxyl groups excluding tert-OH is 1. The Balaban J connectivity index is 2.72. The first-order valence-electron chi connectivity index (χ1n) is 5.56. The van der Waals surface area contributed by atoms with Crippen LogP contribution in [0.2, 0.25) is 0 Å². The average molecular weight is 331 g/mol. The van der Waals surface area contributed by atoms with Crippen molar-refractivity contribution in [3.05, 3.63) is 28.2 Å². The van der Waals surface area contributed by atoms with Gasteiger partial charge < -0.3 is 20.8 Å². The van der Waals surface area contributed by atoms with Crippen LogP contribution in [0.4, 0.5) is 10.5 Å². The summed E-state index contributed by atoms with van der Waals surface area (Å²) in [5, 5.41) is 22.8. The highest BCUT2D eigenvalue weighted by Crippen LogP contribution is 2.23. The molecule has 6 nitrogen and oxygen atoms in total. The van der Waals surface area contributed by atoms with Crippen molar-refractivity contribution in [1.82, 2.24) is 5.32 Å². The van der Waals surface area contributed by atoms with Gasteiger partial charge in [0.1, 0.15) is 0 Å². The number of carboxylic acids is 1. The van der Waals surface area contributed by atoms with Gasteiger partial charge >= 0.3 is 12.0 Å². The fourth-order valence-corrected chi connectivity index (χ4v) is 2.00. The third-order valence-corrected chi connectivity index (χ3v) is 3.06. The van der Waals surface area contributed by atoms with Gasteiger partial charge in [-0.2, -0.15) is 0 Å². The molecule has 1 rings (SSSR count). The Labute approximate surface area is 118 Å². The number of aliphatic carboxylic acids is 1. The van der Waals surface area contributed by atoms with E-state index >= 15 is 0 Å².